The van der Waals surface area contributed by atoms with Crippen molar-refractivity contribution in [3.8, 4) is 0 Å². The zero-order valence-electron chi connectivity index (χ0n) is 13.9. The van der Waals surface area contributed by atoms with Crippen molar-refractivity contribution in [3.05, 3.63) is 11.6 Å². The van der Waals surface area contributed by atoms with E-state index in [1.54, 1.807) is 16.5 Å². The van der Waals surface area contributed by atoms with E-state index in [-0.39, 0.29) is 30.6 Å². The van der Waals surface area contributed by atoms with Crippen LogP contribution in [0.2, 0.25) is 0 Å². The Bertz CT molecular complexity index is 500. The summed E-state index contributed by atoms with van der Waals surface area (Å²) >= 11 is 1.37. The first-order valence-corrected chi connectivity index (χ1v) is 9.24. The van der Waals surface area contributed by atoms with Gasteiger partial charge in [-0.25, -0.2) is 9.78 Å². The second-order valence-corrected chi connectivity index (χ2v) is 6.95. The molecule has 1 atom stereocenters. The Kier molecular flexibility index (Phi) is 6.83. The van der Waals surface area contributed by atoms with E-state index in [2.05, 4.69) is 15.6 Å². The molecule has 0 bridgehead atoms. The predicted molar refractivity (Wildman–Crippen MR) is 92.6 cm³/mol. The van der Waals surface area contributed by atoms with Gasteiger partial charge in [0, 0.05) is 23.7 Å². The zero-order valence-corrected chi connectivity index (χ0v) is 14.7. The van der Waals surface area contributed by atoms with Gasteiger partial charge in [-0.3, -0.25) is 4.79 Å². The maximum Gasteiger partial charge on any atom is 0.318 e. The molecule has 128 valence electrons. The fourth-order valence-corrected chi connectivity index (χ4v) is 3.30. The Morgan fingerprint density at radius 3 is 2.74 bits per heavy atom. The highest BCUT2D eigenvalue weighted by Gasteiger charge is 2.25. The van der Waals surface area contributed by atoms with Crippen LogP contribution in [-0.4, -0.2) is 40.5 Å². The van der Waals surface area contributed by atoms with Crippen molar-refractivity contribution < 1.29 is 9.59 Å². The molecule has 23 heavy (non-hydrogen) atoms. The summed E-state index contributed by atoms with van der Waals surface area (Å²) in [6.45, 7) is 4.04. The molecule has 0 spiro atoms. The largest absolute Gasteiger partial charge is 0.335 e. The lowest BCUT2D eigenvalue weighted by atomic mass is 9.96. The molecule has 1 saturated carbocycles. The van der Waals surface area contributed by atoms with Gasteiger partial charge in [0.25, 0.3) is 0 Å². The van der Waals surface area contributed by atoms with Gasteiger partial charge in [-0.05, 0) is 26.2 Å². The van der Waals surface area contributed by atoms with E-state index in [9.17, 15) is 9.59 Å². The van der Waals surface area contributed by atoms with Crippen LogP contribution in [0.25, 0.3) is 0 Å². The lowest BCUT2D eigenvalue weighted by Gasteiger charge is -2.31. The molecule has 7 heteroatoms. The molecule has 1 aliphatic carbocycles. The average molecular weight is 338 g/mol. The van der Waals surface area contributed by atoms with Crippen LogP contribution in [0.5, 0.6) is 0 Å². The lowest BCUT2D eigenvalue weighted by Crippen LogP contribution is -2.51. The van der Waals surface area contributed by atoms with E-state index < -0.39 is 0 Å². The van der Waals surface area contributed by atoms with Crippen molar-refractivity contribution in [1.82, 2.24) is 15.2 Å². The number of nitrogens with zero attached hydrogens (tertiary/aromatic N) is 2. The summed E-state index contributed by atoms with van der Waals surface area (Å²) in [7, 11) is 0. The Labute approximate surface area is 141 Å². The second kappa shape index (κ2) is 8.86. The summed E-state index contributed by atoms with van der Waals surface area (Å²) in [6, 6.07) is 0.117. The molecule has 1 heterocycles. The fourth-order valence-electron chi connectivity index (χ4n) is 2.75. The Morgan fingerprint density at radius 1 is 1.39 bits per heavy atom. The Morgan fingerprint density at radius 2 is 2.13 bits per heavy atom. The van der Waals surface area contributed by atoms with Crippen LogP contribution in [0, 0.1) is 0 Å². The molecule has 1 aliphatic rings. The summed E-state index contributed by atoms with van der Waals surface area (Å²) in [6.07, 6.45) is 8.09. The maximum absolute atomic E-state index is 12.6. The lowest BCUT2D eigenvalue weighted by molar-refractivity contribution is -0.117. The number of rotatable bonds is 6. The second-order valence-electron chi connectivity index (χ2n) is 6.06. The summed E-state index contributed by atoms with van der Waals surface area (Å²) < 4.78 is 0. The Balaban J connectivity index is 1.92. The van der Waals surface area contributed by atoms with Gasteiger partial charge in [0.2, 0.25) is 5.91 Å². The highest BCUT2D eigenvalue weighted by molar-refractivity contribution is 7.13. The minimum Gasteiger partial charge on any atom is -0.335 e. The van der Waals surface area contributed by atoms with Crippen molar-refractivity contribution in [2.24, 2.45) is 0 Å². The first kappa shape index (κ1) is 17.7. The molecule has 0 radical (unpaired) electrons. The van der Waals surface area contributed by atoms with E-state index in [1.165, 1.54) is 30.6 Å². The zero-order chi connectivity index (χ0) is 16.7. The number of anilines is 1. The molecule has 1 aromatic rings. The number of hydrogen-bond donors (Lipinski definition) is 2. The van der Waals surface area contributed by atoms with Crippen LogP contribution in [0.1, 0.15) is 52.4 Å². The third kappa shape index (κ3) is 5.49. The van der Waals surface area contributed by atoms with Crippen molar-refractivity contribution in [1.29, 1.82) is 0 Å². The molecule has 1 fully saturated rings. The van der Waals surface area contributed by atoms with Crippen LogP contribution < -0.4 is 10.6 Å². The number of carbonyl (C=O) groups is 2. The van der Waals surface area contributed by atoms with Crippen LogP contribution in [0.3, 0.4) is 0 Å². The van der Waals surface area contributed by atoms with E-state index in [1.807, 2.05) is 13.8 Å². The van der Waals surface area contributed by atoms with Crippen molar-refractivity contribution in [2.75, 3.05) is 11.9 Å². The molecular weight excluding hydrogens is 312 g/mol. The van der Waals surface area contributed by atoms with Crippen LogP contribution >= 0.6 is 11.3 Å². The van der Waals surface area contributed by atoms with Crippen LogP contribution in [-0.2, 0) is 4.79 Å². The summed E-state index contributed by atoms with van der Waals surface area (Å²) in [5.74, 6) is -0.209. The number of carbonyl (C=O) groups excluding carboxylic acids is 2. The normalized spacial score (nSPS) is 16.6. The number of hydrogen-bond acceptors (Lipinski definition) is 4. The molecule has 2 N–H and O–H groups in total. The average Bonchev–Trinajstić information content (AvgIpc) is 3.05. The highest BCUT2D eigenvalue weighted by Crippen LogP contribution is 2.18. The molecule has 3 amide bonds. The first-order valence-electron chi connectivity index (χ1n) is 8.36. The van der Waals surface area contributed by atoms with Crippen LogP contribution in [0.4, 0.5) is 9.93 Å². The van der Waals surface area contributed by atoms with Crippen LogP contribution in [0.15, 0.2) is 11.6 Å². The maximum atomic E-state index is 12.6. The minimum absolute atomic E-state index is 0.0145. The fraction of sp³-hybridized carbons (Fsp3) is 0.688. The monoisotopic (exact) mass is 338 g/mol. The third-order valence-electron chi connectivity index (χ3n) is 4.31. The quantitative estimate of drug-likeness (QED) is 0.836. The summed E-state index contributed by atoms with van der Waals surface area (Å²) in [5, 5.41) is 8.19. The first-order chi connectivity index (χ1) is 11.1. The predicted octanol–water partition coefficient (Wildman–Crippen LogP) is 3.22. The minimum atomic E-state index is -0.209. The smallest absolute Gasteiger partial charge is 0.318 e. The number of urea groups is 1. The van der Waals surface area contributed by atoms with E-state index >= 15 is 0 Å². The summed E-state index contributed by atoms with van der Waals surface area (Å²) in [4.78, 5) is 30.4. The number of aromatic nitrogens is 1. The van der Waals surface area contributed by atoms with Crippen molar-refractivity contribution in [3.63, 3.8) is 0 Å². The van der Waals surface area contributed by atoms with Gasteiger partial charge >= 0.3 is 6.03 Å². The Hall–Kier alpha value is -1.63. The molecule has 6 nitrogen and oxygen atoms in total. The van der Waals surface area contributed by atoms with Gasteiger partial charge in [0.15, 0.2) is 5.13 Å². The standard InChI is InChI=1S/C16H26N4O2S/c1-3-12(2)20(11-14(21)19-15-17-9-10-23-15)16(22)18-13-7-5-4-6-8-13/h9-10,12-13H,3-8,11H2,1-2H3,(H,18,22)(H,17,19,21)/t12-/m0/s1. The molecule has 0 aromatic carbocycles. The van der Waals surface area contributed by atoms with Gasteiger partial charge in [0.05, 0.1) is 0 Å². The number of thiazole rings is 1. The van der Waals surface area contributed by atoms with Gasteiger partial charge in [-0.15, -0.1) is 11.3 Å². The summed E-state index contributed by atoms with van der Waals surface area (Å²) in [5.41, 5.74) is 0. The third-order valence-corrected chi connectivity index (χ3v) is 5.00. The SMILES string of the molecule is CC[C@H](C)N(CC(=O)Nc1nccs1)C(=O)NC1CCCCC1. The van der Waals surface area contributed by atoms with Crippen molar-refractivity contribution >= 4 is 28.4 Å². The molecule has 1 aromatic heterocycles. The van der Waals surface area contributed by atoms with Gasteiger partial charge in [0.1, 0.15) is 6.54 Å². The topological polar surface area (TPSA) is 74.3 Å². The molecule has 2 rings (SSSR count). The van der Waals surface area contributed by atoms with Gasteiger partial charge in [-0.2, -0.15) is 0 Å². The van der Waals surface area contributed by atoms with E-state index in [0.29, 0.717) is 5.13 Å². The van der Waals surface area contributed by atoms with Gasteiger partial charge in [-0.1, -0.05) is 26.2 Å². The number of nitrogens with one attached hydrogen (secondary N) is 2. The highest BCUT2D eigenvalue weighted by atomic mass is 32.1. The molecule has 0 aliphatic heterocycles. The molecule has 0 unspecified atom stereocenters. The van der Waals surface area contributed by atoms with E-state index in [0.717, 1.165) is 19.3 Å². The van der Waals surface area contributed by atoms with E-state index in [4.69, 9.17) is 0 Å². The molecular formula is C16H26N4O2S. The van der Waals surface area contributed by atoms with Gasteiger partial charge < -0.3 is 15.5 Å². The van der Waals surface area contributed by atoms with Crippen molar-refractivity contribution in [2.45, 2.75) is 64.5 Å². The number of amides is 3. The molecule has 0 saturated heterocycles.